The van der Waals surface area contributed by atoms with Gasteiger partial charge in [0.2, 0.25) is 11.8 Å². The van der Waals surface area contributed by atoms with Crippen LogP contribution in [0.25, 0.3) is 0 Å². The van der Waals surface area contributed by atoms with Gasteiger partial charge in [-0.3, -0.25) is 14.4 Å². The predicted octanol–water partition coefficient (Wildman–Crippen LogP) is 2.07. The molecule has 0 radical (unpaired) electrons. The highest BCUT2D eigenvalue weighted by Crippen LogP contribution is 2.07. The molecule has 0 saturated carbocycles. The molecule has 0 saturated heterocycles. The number of carbonyl (C=O) groups excluding carboxylic acids is 4. The van der Waals surface area contributed by atoms with E-state index in [1.165, 1.54) is 38.6 Å². The number of ketones is 2. The highest BCUT2D eigenvalue weighted by molar-refractivity contribution is 5.92. The third-order valence-corrected chi connectivity index (χ3v) is 2.78. The molecule has 0 aliphatic rings. The highest BCUT2D eigenvalue weighted by atomic mass is 16.2. The van der Waals surface area contributed by atoms with Gasteiger partial charge < -0.3 is 20.7 Å². The predicted molar refractivity (Wildman–Crippen MR) is 106 cm³/mol. The van der Waals surface area contributed by atoms with Crippen LogP contribution in [0.2, 0.25) is 0 Å². The van der Waals surface area contributed by atoms with E-state index in [0.29, 0.717) is 0 Å². The molecule has 0 aliphatic carbocycles. The third kappa shape index (κ3) is 18.6. The minimum Gasteiger partial charge on any atom is -0.353 e. The van der Waals surface area contributed by atoms with E-state index in [0.717, 1.165) is 0 Å². The Bertz CT molecular complexity index is 410. The quantitative estimate of drug-likeness (QED) is 0.643. The number of hydrogen-bond donors (Lipinski definition) is 2. The molecule has 0 heterocycles. The highest BCUT2D eigenvalue weighted by Gasteiger charge is 2.27. The molecular weight excluding hydrogens is 334 g/mol. The van der Waals surface area contributed by atoms with Gasteiger partial charge in [-0.2, -0.15) is 0 Å². The number of nitrogens with two attached hydrogens (primary N) is 1. The molecule has 1 atom stereocenters. The minimum absolute atomic E-state index is 0.0321. The summed E-state index contributed by atoms with van der Waals surface area (Å²) in [7, 11) is 1.46. The standard InChI is InChI=1S/C13H23N3O4.2C3H8/c1-9(17)4-5-12(19)16(3)11(8-10(2)18)13(20)15-7-6-14;2*1-3-2/h11H,4-8,14H2,1-3H3,(H,15,20);2*3H2,1-2H3. The van der Waals surface area contributed by atoms with Crippen molar-refractivity contribution in [2.75, 3.05) is 20.1 Å². The molecule has 0 aromatic carbocycles. The van der Waals surface area contributed by atoms with Crippen LogP contribution >= 0.6 is 0 Å². The van der Waals surface area contributed by atoms with Crippen molar-refractivity contribution in [3.63, 3.8) is 0 Å². The summed E-state index contributed by atoms with van der Waals surface area (Å²) in [6.45, 7) is 11.8. The van der Waals surface area contributed by atoms with Gasteiger partial charge >= 0.3 is 0 Å². The molecule has 7 heteroatoms. The SMILES string of the molecule is CC(=O)CCC(=O)N(C)C(CC(C)=O)C(=O)NCCN.CCC.CCC. The van der Waals surface area contributed by atoms with Crippen molar-refractivity contribution < 1.29 is 19.2 Å². The first kappa shape index (κ1) is 29.0. The van der Waals surface area contributed by atoms with Crippen LogP contribution in [0.1, 0.15) is 73.6 Å². The Labute approximate surface area is 159 Å². The zero-order chi connectivity index (χ0) is 21.1. The van der Waals surface area contributed by atoms with Crippen molar-refractivity contribution in [2.24, 2.45) is 5.73 Å². The molecule has 0 aliphatic heterocycles. The van der Waals surface area contributed by atoms with Crippen molar-refractivity contribution in [2.45, 2.75) is 79.7 Å². The number of Topliss-reactive ketones (excluding diaryl/α,β-unsaturated/α-hetero) is 2. The van der Waals surface area contributed by atoms with Crippen molar-refractivity contribution in [1.82, 2.24) is 10.2 Å². The Kier molecular flexibility index (Phi) is 21.8. The summed E-state index contributed by atoms with van der Waals surface area (Å²) in [4.78, 5) is 47.2. The molecule has 1 unspecified atom stereocenters. The zero-order valence-corrected chi connectivity index (χ0v) is 17.7. The Morgan fingerprint density at radius 3 is 1.73 bits per heavy atom. The smallest absolute Gasteiger partial charge is 0.243 e. The maximum Gasteiger partial charge on any atom is 0.243 e. The average molecular weight is 374 g/mol. The van der Waals surface area contributed by atoms with Gasteiger partial charge in [0.25, 0.3) is 0 Å². The van der Waals surface area contributed by atoms with Crippen molar-refractivity contribution in [3.05, 3.63) is 0 Å². The Hall–Kier alpha value is -1.76. The van der Waals surface area contributed by atoms with Crippen LogP contribution < -0.4 is 11.1 Å². The van der Waals surface area contributed by atoms with E-state index in [9.17, 15) is 19.2 Å². The van der Waals surface area contributed by atoms with Crippen LogP contribution in [0.15, 0.2) is 0 Å². The van der Waals surface area contributed by atoms with Crippen LogP contribution in [0.3, 0.4) is 0 Å². The molecule has 7 nitrogen and oxygen atoms in total. The zero-order valence-electron chi connectivity index (χ0n) is 17.7. The first-order chi connectivity index (χ1) is 12.1. The summed E-state index contributed by atoms with van der Waals surface area (Å²) >= 11 is 0. The molecule has 0 rings (SSSR count). The second kappa shape index (κ2) is 19.6. The van der Waals surface area contributed by atoms with E-state index in [-0.39, 0.29) is 49.8 Å². The Morgan fingerprint density at radius 2 is 1.38 bits per heavy atom. The number of carbonyl (C=O) groups is 4. The van der Waals surface area contributed by atoms with Gasteiger partial charge in [0.1, 0.15) is 17.6 Å². The fourth-order valence-electron chi connectivity index (χ4n) is 1.62. The summed E-state index contributed by atoms with van der Waals surface area (Å²) in [5.74, 6) is -1.04. The molecule has 154 valence electrons. The van der Waals surface area contributed by atoms with E-state index < -0.39 is 11.9 Å². The minimum atomic E-state index is -0.862. The number of amides is 2. The molecule has 0 bridgehead atoms. The summed E-state index contributed by atoms with van der Waals surface area (Å²) in [6, 6.07) is -0.862. The van der Waals surface area contributed by atoms with Gasteiger partial charge in [-0.15, -0.1) is 0 Å². The maximum atomic E-state index is 11.9. The first-order valence-electron chi connectivity index (χ1n) is 9.34. The topological polar surface area (TPSA) is 110 Å². The van der Waals surface area contributed by atoms with E-state index in [1.807, 2.05) is 0 Å². The van der Waals surface area contributed by atoms with Crippen LogP contribution in [0.4, 0.5) is 0 Å². The van der Waals surface area contributed by atoms with Gasteiger partial charge in [0.05, 0.1) is 0 Å². The average Bonchev–Trinajstić information content (AvgIpc) is 2.56. The molecule has 26 heavy (non-hydrogen) atoms. The van der Waals surface area contributed by atoms with E-state index in [2.05, 4.69) is 33.0 Å². The summed E-state index contributed by atoms with van der Waals surface area (Å²) in [6.07, 6.45) is 2.60. The molecule has 0 spiro atoms. The van der Waals surface area contributed by atoms with Crippen molar-refractivity contribution in [3.8, 4) is 0 Å². The number of nitrogens with one attached hydrogen (secondary N) is 1. The fraction of sp³-hybridized carbons (Fsp3) is 0.789. The van der Waals surface area contributed by atoms with Crippen molar-refractivity contribution in [1.29, 1.82) is 0 Å². The van der Waals surface area contributed by atoms with E-state index in [1.54, 1.807) is 0 Å². The number of hydrogen-bond acceptors (Lipinski definition) is 5. The largest absolute Gasteiger partial charge is 0.353 e. The lowest BCUT2D eigenvalue weighted by Gasteiger charge is -2.26. The Balaban J connectivity index is -0.000000768. The van der Waals surface area contributed by atoms with Gasteiger partial charge in [0, 0.05) is 39.4 Å². The number of nitrogens with zero attached hydrogens (tertiary/aromatic N) is 1. The lowest BCUT2D eigenvalue weighted by molar-refractivity contribution is -0.141. The molecular formula is C19H39N3O4. The lowest BCUT2D eigenvalue weighted by atomic mass is 10.1. The van der Waals surface area contributed by atoms with Gasteiger partial charge in [0.15, 0.2) is 0 Å². The Morgan fingerprint density at radius 1 is 0.923 bits per heavy atom. The number of likely N-dealkylation sites (N-methyl/N-ethyl adjacent to an activating group) is 1. The molecule has 3 N–H and O–H groups in total. The molecule has 0 aromatic rings. The normalized spacial score (nSPS) is 10.3. The van der Waals surface area contributed by atoms with Gasteiger partial charge in [-0.05, 0) is 13.8 Å². The summed E-state index contributed by atoms with van der Waals surface area (Å²) < 4.78 is 0. The van der Waals surface area contributed by atoms with Crippen LogP contribution in [0, 0.1) is 0 Å². The summed E-state index contributed by atoms with van der Waals surface area (Å²) in [5.41, 5.74) is 5.30. The lowest BCUT2D eigenvalue weighted by Crippen LogP contribution is -2.49. The van der Waals surface area contributed by atoms with Crippen LogP contribution in [-0.2, 0) is 19.2 Å². The fourth-order valence-corrected chi connectivity index (χ4v) is 1.62. The van der Waals surface area contributed by atoms with E-state index in [4.69, 9.17) is 5.73 Å². The third-order valence-electron chi connectivity index (χ3n) is 2.78. The molecule has 0 aromatic heterocycles. The van der Waals surface area contributed by atoms with Gasteiger partial charge in [-0.1, -0.05) is 40.5 Å². The van der Waals surface area contributed by atoms with Gasteiger partial charge in [-0.25, -0.2) is 0 Å². The summed E-state index contributed by atoms with van der Waals surface area (Å²) in [5, 5.41) is 2.56. The van der Waals surface area contributed by atoms with Crippen LogP contribution in [0.5, 0.6) is 0 Å². The van der Waals surface area contributed by atoms with E-state index >= 15 is 0 Å². The maximum absolute atomic E-state index is 11.9. The van der Waals surface area contributed by atoms with Crippen LogP contribution in [-0.4, -0.2) is 54.5 Å². The van der Waals surface area contributed by atoms with Crippen molar-refractivity contribution >= 4 is 23.4 Å². The second-order valence-corrected chi connectivity index (χ2v) is 6.12. The second-order valence-electron chi connectivity index (χ2n) is 6.12. The first-order valence-corrected chi connectivity index (χ1v) is 9.34. The monoisotopic (exact) mass is 373 g/mol. The molecule has 2 amide bonds. The molecule has 0 fully saturated rings. The number of rotatable bonds is 9.